The molecular weight excluding hydrogens is 1110 g/mol. The number of aliphatic hydroxyl groups excluding tert-OH is 5. The summed E-state index contributed by atoms with van der Waals surface area (Å²) < 4.78 is 90.9. The van der Waals surface area contributed by atoms with E-state index in [0.717, 1.165) is 99.0 Å². The van der Waals surface area contributed by atoms with Gasteiger partial charge in [0.2, 0.25) is 0 Å². The van der Waals surface area contributed by atoms with Crippen molar-refractivity contribution < 1.29 is 147 Å². The molecule has 37 heteroatoms. The number of rotatable bonds is 10. The zero-order chi connectivity index (χ0) is 42.4. The topological polar surface area (TPSA) is 194 Å². The van der Waals surface area contributed by atoms with Crippen LogP contribution in [0.2, 0.25) is 0 Å². The Hall–Kier alpha value is -0.345. The van der Waals surface area contributed by atoms with Gasteiger partial charge in [-0.25, -0.2) is 9.97 Å². The van der Waals surface area contributed by atoms with E-state index in [1.807, 2.05) is 41.1 Å². The van der Waals surface area contributed by atoms with E-state index in [0.29, 0.717) is 0 Å². The number of hydrogen-bond donors (Lipinski definition) is 5. The molecule has 0 aliphatic carbocycles. The SMILES string of the molecule is C.F.FB(F)F.F[B-](F)(F)F.F[B]F.O.OCBr.OCN1CCN(CN2CCN(CO)C2)C1.OCN1CCN(CN2CCN(CO)C2)C1.[Br-].[Br-].[F-].[F-].[Na+].c1cn(Cn2ccnc2)cn1. The molecule has 0 atom stereocenters. The smallest absolute Gasteiger partial charge is 1.00 e. The van der Waals surface area contributed by atoms with Crippen LogP contribution in [-0.4, -0.2) is 237 Å². The predicted octanol–water partition coefficient (Wildman–Crippen LogP) is -15.5. The fraction of sp³-hybridized carbons (Fsp3) is 0.778. The van der Waals surface area contributed by atoms with Crippen molar-refractivity contribution in [3.8, 4) is 0 Å². The summed E-state index contributed by atoms with van der Waals surface area (Å²) in [6.07, 6.45) is 10.9. The summed E-state index contributed by atoms with van der Waals surface area (Å²) in [5, 5.41) is 43.4. The molecule has 0 spiro atoms. The molecule has 7 N–H and O–H groups in total. The van der Waals surface area contributed by atoms with E-state index in [2.05, 4.69) is 45.5 Å². The number of aromatic nitrogens is 4. The van der Waals surface area contributed by atoms with E-state index in [4.69, 9.17) is 25.5 Å². The molecule has 0 aromatic carbocycles. The largest absolute Gasteiger partial charge is 1.00 e. The molecule has 6 heterocycles. The molecule has 4 saturated heterocycles. The number of alkyl halides is 1. The maximum absolute atomic E-state index is 9.75. The standard InChI is InChI=1S/2C9H20N4O2.C7H8N4.CH3BrO.CH4.BF4.BF3.BF2.2BrH.3FH.Na.H2O/c2*14-8-12-3-1-10(6-12)5-11-2-4-13(7-11)9-15;1-3-10(5-8-1)7-11-4-2-9-6-11;2-1-3;;2-1(3,4)5;2-1(3)4;2-1-3;;;;;;;/h2*14-15H,1-9H2;1-6H,7H2;3H,1H2;1H4;;;;5*1H;;1H2/q;;;;;-1;;;;;;;;+1;/p-4. The second-order valence-electron chi connectivity index (χ2n) is 11.8. The predicted molar refractivity (Wildman–Crippen MR) is 207 cm³/mol. The Bertz CT molecular complexity index is 1070. The first-order valence-corrected chi connectivity index (χ1v) is 17.9. The van der Waals surface area contributed by atoms with E-state index < -0.39 is 22.6 Å². The Balaban J connectivity index is -0.0000000835. The van der Waals surface area contributed by atoms with Crippen molar-refractivity contribution in [2.75, 3.05) is 125 Å². The summed E-state index contributed by atoms with van der Waals surface area (Å²) in [4.78, 5) is 25.2. The van der Waals surface area contributed by atoms with Crippen molar-refractivity contribution in [2.45, 2.75) is 14.1 Å². The summed E-state index contributed by atoms with van der Waals surface area (Å²) in [5.74, 6) is 0. The Labute approximate surface area is 418 Å². The molecule has 1 radical (unpaired) electrons. The molecule has 0 saturated carbocycles. The van der Waals surface area contributed by atoms with Crippen LogP contribution in [0.5, 0.6) is 0 Å². The van der Waals surface area contributed by atoms with Gasteiger partial charge in [0, 0.05) is 77.1 Å². The zero-order valence-electron chi connectivity index (χ0n) is 34.1. The first-order chi connectivity index (χ1) is 26.6. The van der Waals surface area contributed by atoms with Crippen LogP contribution in [0.3, 0.4) is 0 Å². The van der Waals surface area contributed by atoms with Crippen LogP contribution in [0.15, 0.2) is 37.4 Å². The van der Waals surface area contributed by atoms with Crippen LogP contribution in [-0.2, 0) is 6.67 Å². The normalized spacial score (nSPS) is 16.2. The third kappa shape index (κ3) is 46.8. The summed E-state index contributed by atoms with van der Waals surface area (Å²) in [7, 11) is -10.7. The van der Waals surface area contributed by atoms with Crippen LogP contribution in [0.25, 0.3) is 0 Å². The molecule has 2 aromatic heterocycles. The Morgan fingerprint density at radius 3 is 0.891 bits per heavy atom. The van der Waals surface area contributed by atoms with Crippen LogP contribution >= 0.6 is 15.9 Å². The maximum atomic E-state index is 9.75. The molecule has 0 amide bonds. The first kappa shape index (κ1) is 83.7. The van der Waals surface area contributed by atoms with Crippen LogP contribution in [0.1, 0.15) is 7.43 Å². The second kappa shape index (κ2) is 52.0. The van der Waals surface area contributed by atoms with E-state index >= 15 is 0 Å². The van der Waals surface area contributed by atoms with Crippen LogP contribution < -0.4 is 72.9 Å². The number of imidazole rings is 2. The molecule has 0 unspecified atom stereocenters. The fourth-order valence-corrected chi connectivity index (χ4v) is 5.25. The number of hydrogen-bond acceptors (Lipinski definition) is 15. The zero-order valence-corrected chi connectivity index (χ0v) is 40.9. The minimum absolute atomic E-state index is 0. The summed E-state index contributed by atoms with van der Waals surface area (Å²) in [5.41, 5.74) is 0.0625. The number of halogens is 15. The van der Waals surface area contributed by atoms with Gasteiger partial charge in [0.15, 0.2) is 0 Å². The van der Waals surface area contributed by atoms with Gasteiger partial charge < -0.3 is 101 Å². The van der Waals surface area contributed by atoms with Crippen molar-refractivity contribution in [3.05, 3.63) is 37.4 Å². The van der Waals surface area contributed by atoms with Gasteiger partial charge in [-0.3, -0.25) is 65.5 Å². The third-order valence-electron chi connectivity index (χ3n) is 7.57. The first-order valence-electron chi connectivity index (χ1n) is 16.8. The van der Waals surface area contributed by atoms with Crippen molar-refractivity contribution >= 4 is 38.6 Å². The average Bonchev–Trinajstić information content (AvgIpc) is 3.99. The van der Waals surface area contributed by atoms with Crippen LogP contribution in [0, 0.1) is 0 Å². The van der Waals surface area contributed by atoms with Crippen LogP contribution in [0.4, 0.5) is 43.5 Å². The minimum atomic E-state index is -6.00. The van der Waals surface area contributed by atoms with Gasteiger partial charge in [0.05, 0.1) is 85.1 Å². The van der Waals surface area contributed by atoms with Gasteiger partial charge in [-0.2, -0.15) is 0 Å². The Morgan fingerprint density at radius 2 is 0.750 bits per heavy atom. The Kier molecular flexibility index (Phi) is 68.0. The molecule has 4 aliphatic heterocycles. The quantitative estimate of drug-likeness (QED) is 0.0856. The minimum Gasteiger partial charge on any atom is -1.00 e. The number of nitrogens with zero attached hydrogens (tertiary/aromatic N) is 12. The molecule has 64 heavy (non-hydrogen) atoms. The summed E-state index contributed by atoms with van der Waals surface area (Å²) >= 11 is 2.70. The van der Waals surface area contributed by atoms with Crippen molar-refractivity contribution in [1.29, 1.82) is 0 Å². The molecule has 2 aromatic rings. The summed E-state index contributed by atoms with van der Waals surface area (Å²) in [6, 6.07) is 0. The fourth-order valence-electron chi connectivity index (χ4n) is 5.25. The van der Waals surface area contributed by atoms with Gasteiger partial charge in [-0.15, -0.1) is 0 Å². The molecule has 6 rings (SSSR count). The van der Waals surface area contributed by atoms with Gasteiger partial charge in [-0.05, 0) is 0 Å². The number of aliphatic hydroxyl groups is 5. The maximum Gasteiger partial charge on any atom is 1.00 e. The van der Waals surface area contributed by atoms with Gasteiger partial charge in [-0.1, -0.05) is 23.4 Å². The van der Waals surface area contributed by atoms with Crippen molar-refractivity contribution in [1.82, 2.24) is 58.3 Å². The molecule has 4 fully saturated rings. The molecule has 18 nitrogen and oxygen atoms in total. The van der Waals surface area contributed by atoms with Gasteiger partial charge >= 0.3 is 52.2 Å². The summed E-state index contributed by atoms with van der Waals surface area (Å²) in [6.45, 7) is 14.6. The molecule has 0 bridgehead atoms. The van der Waals surface area contributed by atoms with E-state index in [-0.39, 0.29) is 123 Å². The monoisotopic (exact) mass is 1170 g/mol. The third-order valence-corrected chi connectivity index (χ3v) is 7.57. The van der Waals surface area contributed by atoms with Gasteiger partial charge in [0.1, 0.15) is 6.67 Å². The van der Waals surface area contributed by atoms with E-state index in [9.17, 15) is 38.8 Å². The van der Waals surface area contributed by atoms with Gasteiger partial charge in [0.25, 0.3) is 0 Å². The van der Waals surface area contributed by atoms with E-state index in [1.165, 1.54) is 0 Å². The Morgan fingerprint density at radius 1 is 0.562 bits per heavy atom. The molecular formula is C27H58B3Br3F12N12NaO6-4. The molecule has 381 valence electrons. The van der Waals surface area contributed by atoms with E-state index in [1.54, 1.807) is 25.0 Å². The second-order valence-corrected chi connectivity index (χ2v) is 12.3. The average molecular weight is 1170 g/mol. The van der Waals surface area contributed by atoms with Crippen molar-refractivity contribution in [2.24, 2.45) is 0 Å². The molecule has 4 aliphatic rings. The van der Waals surface area contributed by atoms with Crippen molar-refractivity contribution in [3.63, 3.8) is 0 Å².